The molecule has 88 valence electrons. The lowest BCUT2D eigenvalue weighted by molar-refractivity contribution is -0.141. The average Bonchev–Trinajstić information content (AvgIpc) is 2.24. The molecule has 4 nitrogen and oxygen atoms in total. The molecule has 0 fully saturated rings. The molecule has 0 bridgehead atoms. The molecule has 0 radical (unpaired) electrons. The van der Waals surface area contributed by atoms with Gasteiger partial charge in [-0.3, -0.25) is 9.59 Å². The number of rotatable bonds is 8. The van der Waals surface area contributed by atoms with Crippen molar-refractivity contribution >= 4 is 23.7 Å². The van der Waals surface area contributed by atoms with Gasteiger partial charge >= 0.3 is 11.9 Å². The zero-order valence-electron chi connectivity index (χ0n) is 9.28. The Labute approximate surface area is 94.7 Å². The smallest absolute Gasteiger partial charge is 0.315 e. The third-order valence-electron chi connectivity index (χ3n) is 1.66. The highest BCUT2D eigenvalue weighted by Crippen LogP contribution is 2.04. The molecule has 0 aliphatic rings. The Balaban J connectivity index is 3.27. The van der Waals surface area contributed by atoms with Crippen LogP contribution in [-0.2, 0) is 19.1 Å². The Morgan fingerprint density at radius 1 is 1.27 bits per heavy atom. The molecule has 0 aromatic heterocycles. The van der Waals surface area contributed by atoms with E-state index < -0.39 is 0 Å². The molecule has 15 heavy (non-hydrogen) atoms. The third-order valence-corrected chi connectivity index (χ3v) is 2.59. The normalized spacial score (nSPS) is 9.73. The summed E-state index contributed by atoms with van der Waals surface area (Å²) >= 11 is 1.39. The van der Waals surface area contributed by atoms with Crippen LogP contribution in [0.15, 0.2) is 0 Å². The number of carbonyl (C=O) groups is 2. The fraction of sp³-hybridized carbons (Fsp3) is 0.800. The molecule has 0 aliphatic carbocycles. The lowest BCUT2D eigenvalue weighted by atomic mass is 10.4. The summed E-state index contributed by atoms with van der Waals surface area (Å²) < 4.78 is 9.41. The molecule has 0 spiro atoms. The maximum atomic E-state index is 11.1. The van der Waals surface area contributed by atoms with Gasteiger partial charge in [0.25, 0.3) is 0 Å². The number of hydrogen-bond acceptors (Lipinski definition) is 5. The fourth-order valence-electron chi connectivity index (χ4n) is 0.785. The molecule has 0 aliphatic heterocycles. The Morgan fingerprint density at radius 3 is 2.60 bits per heavy atom. The maximum Gasteiger partial charge on any atom is 0.315 e. The van der Waals surface area contributed by atoms with Crippen molar-refractivity contribution in [1.29, 1.82) is 0 Å². The topological polar surface area (TPSA) is 52.6 Å². The summed E-state index contributed by atoms with van der Waals surface area (Å²) in [6.07, 6.45) is 2.25. The minimum atomic E-state index is -0.248. The van der Waals surface area contributed by atoms with Crippen LogP contribution in [0.4, 0.5) is 0 Å². The highest BCUT2D eigenvalue weighted by atomic mass is 32.2. The SMILES string of the molecule is CCCCOC(=O)CSCCC(=O)OC. The molecule has 0 atom stereocenters. The standard InChI is InChI=1S/C10H18O4S/c1-3-4-6-14-10(12)8-15-7-5-9(11)13-2/h3-8H2,1-2H3. The Kier molecular flexibility index (Phi) is 9.36. The second-order valence-electron chi connectivity index (χ2n) is 2.95. The Hall–Kier alpha value is -0.710. The van der Waals surface area contributed by atoms with Gasteiger partial charge in [0.2, 0.25) is 0 Å². The van der Waals surface area contributed by atoms with Crippen LogP contribution < -0.4 is 0 Å². The van der Waals surface area contributed by atoms with Gasteiger partial charge < -0.3 is 9.47 Å². The van der Waals surface area contributed by atoms with E-state index in [2.05, 4.69) is 4.74 Å². The molecule has 0 saturated carbocycles. The van der Waals surface area contributed by atoms with Crippen LogP contribution in [-0.4, -0.2) is 37.2 Å². The van der Waals surface area contributed by atoms with Crippen molar-refractivity contribution in [1.82, 2.24) is 0 Å². The highest BCUT2D eigenvalue weighted by Gasteiger charge is 2.04. The van der Waals surface area contributed by atoms with E-state index in [1.54, 1.807) is 0 Å². The summed E-state index contributed by atoms with van der Waals surface area (Å²) in [5.74, 6) is 0.441. The predicted octanol–water partition coefficient (Wildman–Crippen LogP) is 1.63. The van der Waals surface area contributed by atoms with E-state index in [0.29, 0.717) is 24.5 Å². The van der Waals surface area contributed by atoms with E-state index in [0.717, 1.165) is 12.8 Å². The molecule has 0 N–H and O–H groups in total. The number of unbranched alkanes of at least 4 members (excludes halogenated alkanes) is 1. The summed E-state index contributed by atoms with van der Waals surface area (Å²) in [5.41, 5.74) is 0. The summed E-state index contributed by atoms with van der Waals surface area (Å²) in [6, 6.07) is 0. The summed E-state index contributed by atoms with van der Waals surface area (Å²) in [5, 5.41) is 0. The first-order valence-electron chi connectivity index (χ1n) is 5.00. The molecule has 0 heterocycles. The zero-order chi connectivity index (χ0) is 11.5. The molecular formula is C10H18O4S. The van der Waals surface area contributed by atoms with Gasteiger partial charge in [0.05, 0.1) is 25.9 Å². The quantitative estimate of drug-likeness (QED) is 0.472. The van der Waals surface area contributed by atoms with E-state index in [-0.39, 0.29) is 11.9 Å². The number of methoxy groups -OCH3 is 1. The lowest BCUT2D eigenvalue weighted by Gasteiger charge is -2.03. The second-order valence-corrected chi connectivity index (χ2v) is 4.06. The van der Waals surface area contributed by atoms with Crippen LogP contribution in [0.1, 0.15) is 26.2 Å². The van der Waals surface area contributed by atoms with E-state index >= 15 is 0 Å². The van der Waals surface area contributed by atoms with Gasteiger partial charge in [0.15, 0.2) is 0 Å². The first kappa shape index (κ1) is 14.3. The van der Waals surface area contributed by atoms with Crippen LogP contribution in [0.25, 0.3) is 0 Å². The monoisotopic (exact) mass is 234 g/mol. The number of thioether (sulfide) groups is 1. The molecule has 0 saturated heterocycles. The molecule has 5 heteroatoms. The van der Waals surface area contributed by atoms with Gasteiger partial charge in [0, 0.05) is 5.75 Å². The number of esters is 2. The maximum absolute atomic E-state index is 11.1. The van der Waals surface area contributed by atoms with Crippen LogP contribution in [0.2, 0.25) is 0 Å². The highest BCUT2D eigenvalue weighted by molar-refractivity contribution is 7.99. The van der Waals surface area contributed by atoms with Crippen LogP contribution in [0.3, 0.4) is 0 Å². The van der Waals surface area contributed by atoms with Crippen LogP contribution in [0.5, 0.6) is 0 Å². The van der Waals surface area contributed by atoms with E-state index in [1.165, 1.54) is 18.9 Å². The van der Waals surface area contributed by atoms with E-state index in [9.17, 15) is 9.59 Å². The van der Waals surface area contributed by atoms with Crippen molar-refractivity contribution in [2.75, 3.05) is 25.2 Å². The van der Waals surface area contributed by atoms with Crippen LogP contribution in [0, 0.1) is 0 Å². The van der Waals surface area contributed by atoms with Crippen molar-refractivity contribution in [3.8, 4) is 0 Å². The summed E-state index contributed by atoms with van der Waals surface area (Å²) in [4.78, 5) is 21.8. The van der Waals surface area contributed by atoms with Gasteiger partial charge in [-0.05, 0) is 6.42 Å². The van der Waals surface area contributed by atoms with Gasteiger partial charge in [-0.2, -0.15) is 0 Å². The molecule has 0 unspecified atom stereocenters. The first-order chi connectivity index (χ1) is 7.20. The van der Waals surface area contributed by atoms with Crippen molar-refractivity contribution in [3.63, 3.8) is 0 Å². The van der Waals surface area contributed by atoms with Crippen molar-refractivity contribution in [2.45, 2.75) is 26.2 Å². The molecule has 0 aromatic carbocycles. The molecule has 0 rings (SSSR count). The molecule has 0 amide bonds. The van der Waals surface area contributed by atoms with Gasteiger partial charge in [-0.1, -0.05) is 13.3 Å². The average molecular weight is 234 g/mol. The van der Waals surface area contributed by atoms with Crippen molar-refractivity contribution in [2.24, 2.45) is 0 Å². The van der Waals surface area contributed by atoms with Crippen molar-refractivity contribution in [3.05, 3.63) is 0 Å². The summed E-state index contributed by atoms with van der Waals surface area (Å²) in [7, 11) is 1.35. The second kappa shape index (κ2) is 9.83. The Morgan fingerprint density at radius 2 is 2.00 bits per heavy atom. The number of hydrogen-bond donors (Lipinski definition) is 0. The van der Waals surface area contributed by atoms with Crippen molar-refractivity contribution < 1.29 is 19.1 Å². The summed E-state index contributed by atoms with van der Waals surface area (Å²) in [6.45, 7) is 2.53. The van der Waals surface area contributed by atoms with Gasteiger partial charge in [-0.15, -0.1) is 11.8 Å². The lowest BCUT2D eigenvalue weighted by Crippen LogP contribution is -2.09. The minimum Gasteiger partial charge on any atom is -0.469 e. The van der Waals surface area contributed by atoms with Gasteiger partial charge in [-0.25, -0.2) is 0 Å². The van der Waals surface area contributed by atoms with E-state index in [1.807, 2.05) is 6.92 Å². The molecule has 0 aromatic rings. The predicted molar refractivity (Wildman–Crippen MR) is 59.8 cm³/mol. The van der Waals surface area contributed by atoms with E-state index in [4.69, 9.17) is 4.74 Å². The minimum absolute atomic E-state index is 0.210. The first-order valence-corrected chi connectivity index (χ1v) is 6.16. The number of carbonyl (C=O) groups excluding carboxylic acids is 2. The van der Waals surface area contributed by atoms with Gasteiger partial charge in [0.1, 0.15) is 0 Å². The Bertz CT molecular complexity index is 194. The number of ether oxygens (including phenoxy) is 2. The molecular weight excluding hydrogens is 216 g/mol. The largest absolute Gasteiger partial charge is 0.469 e. The fourth-order valence-corrected chi connectivity index (χ4v) is 1.49. The zero-order valence-corrected chi connectivity index (χ0v) is 10.1. The van der Waals surface area contributed by atoms with Crippen LogP contribution >= 0.6 is 11.8 Å². The third kappa shape index (κ3) is 9.59.